The molecule has 0 aliphatic carbocycles. The molecule has 0 bridgehead atoms. The van der Waals surface area contributed by atoms with Crippen LogP contribution in [0.15, 0.2) is 98.1 Å². The van der Waals surface area contributed by atoms with Crippen LogP contribution in [0.25, 0.3) is 12.2 Å². The molecule has 220 valence electrons. The highest BCUT2D eigenvalue weighted by Crippen LogP contribution is 2.14. The fourth-order valence-electron chi connectivity index (χ4n) is 3.24. The van der Waals surface area contributed by atoms with Crippen molar-refractivity contribution in [1.29, 1.82) is 0 Å². The van der Waals surface area contributed by atoms with Gasteiger partial charge in [-0.2, -0.15) is 0 Å². The molecule has 0 unspecified atom stereocenters. The first-order chi connectivity index (χ1) is 20.6. The van der Waals surface area contributed by atoms with Crippen LogP contribution in [0.3, 0.4) is 0 Å². The van der Waals surface area contributed by atoms with Crippen LogP contribution in [0, 0.1) is 0 Å². The minimum absolute atomic E-state index is 0.137. The number of allylic oxidation sites excluding steroid dienone is 2. The van der Waals surface area contributed by atoms with Gasteiger partial charge in [0, 0.05) is 43.5 Å². The van der Waals surface area contributed by atoms with E-state index in [2.05, 4.69) is 16.9 Å². The lowest BCUT2D eigenvalue weighted by Gasteiger charge is -2.06. The van der Waals surface area contributed by atoms with Crippen LogP contribution < -0.4 is 9.47 Å². The molecule has 0 saturated heterocycles. The number of rotatable bonds is 14. The van der Waals surface area contributed by atoms with Crippen LogP contribution in [0.4, 0.5) is 0 Å². The minimum Gasteiger partial charge on any atom is -0.468 e. The summed E-state index contributed by atoms with van der Waals surface area (Å²) >= 11 is 0. The van der Waals surface area contributed by atoms with Gasteiger partial charge in [0.05, 0.1) is 6.61 Å². The Morgan fingerprint density at radius 3 is 1.60 bits per heavy atom. The highest BCUT2D eigenvalue weighted by molar-refractivity contribution is 5.94. The number of unbranched alkanes of at least 4 members (excludes halogenated alkanes) is 1. The Bertz CT molecular complexity index is 1360. The molecule has 10 heteroatoms. The van der Waals surface area contributed by atoms with Crippen LogP contribution in [0.5, 0.6) is 11.5 Å². The SMILES string of the molecule is CCCCOCOc1ccc(/C=C/C(=O)n2ccnc2)cc1.CCOCOc1ccc(/C=C/C(=O)n2ccnc2)cc1. The zero-order valence-corrected chi connectivity index (χ0v) is 23.9. The second kappa shape index (κ2) is 18.5. The monoisotopic (exact) mass is 572 g/mol. The van der Waals surface area contributed by atoms with Crippen LogP contribution in [-0.4, -0.2) is 57.7 Å². The van der Waals surface area contributed by atoms with Gasteiger partial charge >= 0.3 is 0 Å². The summed E-state index contributed by atoms with van der Waals surface area (Å²) in [4.78, 5) is 31.1. The third-order valence-corrected chi connectivity index (χ3v) is 5.58. The van der Waals surface area contributed by atoms with E-state index >= 15 is 0 Å². The molecule has 0 N–H and O–H groups in total. The van der Waals surface area contributed by atoms with Gasteiger partial charge in [-0.3, -0.25) is 18.7 Å². The maximum Gasteiger partial charge on any atom is 0.255 e. The first kappa shape index (κ1) is 31.7. The van der Waals surface area contributed by atoms with Crippen LogP contribution in [0.2, 0.25) is 0 Å². The average Bonchev–Trinajstić information content (AvgIpc) is 3.76. The van der Waals surface area contributed by atoms with Gasteiger partial charge in [0.2, 0.25) is 0 Å². The molecule has 42 heavy (non-hydrogen) atoms. The van der Waals surface area contributed by atoms with Gasteiger partial charge in [-0.15, -0.1) is 0 Å². The molecule has 10 nitrogen and oxygen atoms in total. The lowest BCUT2D eigenvalue weighted by molar-refractivity contribution is 0.0140. The lowest BCUT2D eigenvalue weighted by atomic mass is 10.2. The first-order valence-corrected chi connectivity index (χ1v) is 13.6. The summed E-state index contributed by atoms with van der Waals surface area (Å²) < 4.78 is 24.1. The summed E-state index contributed by atoms with van der Waals surface area (Å²) in [6.45, 7) is 5.87. The summed E-state index contributed by atoms with van der Waals surface area (Å²) in [7, 11) is 0. The Hall–Kier alpha value is -4.80. The van der Waals surface area contributed by atoms with Crippen molar-refractivity contribution in [2.45, 2.75) is 26.7 Å². The zero-order chi connectivity index (χ0) is 29.8. The highest BCUT2D eigenvalue weighted by Gasteiger charge is 2.00. The van der Waals surface area contributed by atoms with Crippen molar-refractivity contribution in [3.8, 4) is 11.5 Å². The minimum atomic E-state index is -0.140. The van der Waals surface area contributed by atoms with E-state index in [-0.39, 0.29) is 25.4 Å². The van der Waals surface area contributed by atoms with Crippen LogP contribution in [-0.2, 0) is 9.47 Å². The third kappa shape index (κ3) is 11.7. The quantitative estimate of drug-likeness (QED) is 0.103. The van der Waals surface area contributed by atoms with Gasteiger partial charge in [-0.1, -0.05) is 37.6 Å². The van der Waals surface area contributed by atoms with Crippen molar-refractivity contribution in [2.75, 3.05) is 26.8 Å². The second-order valence-corrected chi connectivity index (χ2v) is 8.70. The molecular weight excluding hydrogens is 536 g/mol. The Morgan fingerprint density at radius 2 is 1.19 bits per heavy atom. The van der Waals surface area contributed by atoms with E-state index in [1.807, 2.05) is 55.5 Å². The summed E-state index contributed by atoms with van der Waals surface area (Å²) in [5.41, 5.74) is 1.84. The van der Waals surface area contributed by atoms with Crippen molar-refractivity contribution in [3.05, 3.63) is 109 Å². The molecule has 0 aliphatic heterocycles. The molecule has 2 aromatic heterocycles. The van der Waals surface area contributed by atoms with E-state index in [4.69, 9.17) is 18.9 Å². The molecule has 0 aliphatic rings. The van der Waals surface area contributed by atoms with Crippen LogP contribution >= 0.6 is 0 Å². The molecule has 0 radical (unpaired) electrons. The largest absolute Gasteiger partial charge is 0.468 e. The Kier molecular flexibility index (Phi) is 14.0. The number of nitrogens with zero attached hydrogens (tertiary/aromatic N) is 4. The van der Waals surface area contributed by atoms with Gasteiger partial charge in [0.25, 0.3) is 11.8 Å². The Labute approximate surface area is 245 Å². The molecular formula is C32H36N4O6. The van der Waals surface area contributed by atoms with Crippen molar-refractivity contribution >= 4 is 24.0 Å². The van der Waals surface area contributed by atoms with Crippen LogP contribution in [0.1, 0.15) is 47.4 Å². The smallest absolute Gasteiger partial charge is 0.255 e. The number of benzene rings is 2. The third-order valence-electron chi connectivity index (χ3n) is 5.58. The number of imidazole rings is 2. The Balaban J connectivity index is 0.000000231. The summed E-state index contributed by atoms with van der Waals surface area (Å²) in [5.74, 6) is 1.20. The first-order valence-electron chi connectivity index (χ1n) is 13.6. The van der Waals surface area contributed by atoms with E-state index < -0.39 is 0 Å². The van der Waals surface area contributed by atoms with Gasteiger partial charge in [0.15, 0.2) is 13.6 Å². The van der Waals surface area contributed by atoms with Gasteiger partial charge in [-0.05, 0) is 60.9 Å². The fraction of sp³-hybridized carbons (Fsp3) is 0.250. The van der Waals surface area contributed by atoms with Crippen molar-refractivity contribution < 1.29 is 28.5 Å². The molecule has 0 fully saturated rings. The van der Waals surface area contributed by atoms with E-state index in [1.165, 1.54) is 33.9 Å². The van der Waals surface area contributed by atoms with Crippen molar-refractivity contribution in [2.24, 2.45) is 0 Å². The number of carbonyl (C=O) groups excluding carboxylic acids is 2. The molecule has 2 heterocycles. The molecule has 4 aromatic rings. The zero-order valence-electron chi connectivity index (χ0n) is 23.9. The maximum absolute atomic E-state index is 11.8. The van der Waals surface area contributed by atoms with Gasteiger partial charge in [0.1, 0.15) is 24.2 Å². The molecule has 0 amide bonds. The predicted octanol–water partition coefficient (Wildman–Crippen LogP) is 6.00. The normalized spacial score (nSPS) is 10.9. The van der Waals surface area contributed by atoms with Gasteiger partial charge in [-0.25, -0.2) is 9.97 Å². The number of ether oxygens (including phenoxy) is 4. The maximum atomic E-state index is 11.8. The number of carbonyl (C=O) groups is 2. The molecule has 0 atom stereocenters. The van der Waals surface area contributed by atoms with E-state index in [1.54, 1.807) is 36.9 Å². The average molecular weight is 573 g/mol. The van der Waals surface area contributed by atoms with Crippen molar-refractivity contribution in [3.63, 3.8) is 0 Å². The predicted molar refractivity (Wildman–Crippen MR) is 160 cm³/mol. The summed E-state index contributed by atoms with van der Waals surface area (Å²) in [6, 6.07) is 14.9. The number of hydrogen-bond donors (Lipinski definition) is 0. The molecule has 0 spiro atoms. The topological polar surface area (TPSA) is 107 Å². The number of aromatic nitrogens is 4. The standard InChI is InChI=1S/C17H20N2O3.C15H16N2O3/c1-2-3-12-21-14-22-16-7-4-15(5-8-16)6-9-17(20)19-11-10-18-13-19;1-2-19-12-20-14-6-3-13(4-7-14)5-8-15(18)17-10-9-16-11-17/h4-11,13H,2-3,12,14H2,1H3;3-11H,2,12H2,1H3/b9-6+;8-5+. The van der Waals surface area contributed by atoms with Crippen molar-refractivity contribution in [1.82, 2.24) is 19.1 Å². The summed E-state index contributed by atoms with van der Waals surface area (Å²) in [6.07, 6.45) is 18.0. The lowest BCUT2D eigenvalue weighted by Crippen LogP contribution is -2.04. The summed E-state index contributed by atoms with van der Waals surface area (Å²) in [5, 5.41) is 0. The fourth-order valence-corrected chi connectivity index (χ4v) is 3.24. The van der Waals surface area contributed by atoms with E-state index in [9.17, 15) is 9.59 Å². The second-order valence-electron chi connectivity index (χ2n) is 8.70. The highest BCUT2D eigenvalue weighted by atomic mass is 16.7. The van der Waals surface area contributed by atoms with E-state index in [0.717, 1.165) is 35.5 Å². The Morgan fingerprint density at radius 1 is 0.714 bits per heavy atom. The molecule has 0 saturated carbocycles. The van der Waals surface area contributed by atoms with Gasteiger partial charge < -0.3 is 18.9 Å². The molecule has 2 aromatic carbocycles. The van der Waals surface area contributed by atoms with E-state index in [0.29, 0.717) is 13.2 Å². The molecule has 4 rings (SSSR count). The number of hydrogen-bond acceptors (Lipinski definition) is 8.